The summed E-state index contributed by atoms with van der Waals surface area (Å²) in [6, 6.07) is 3.51. The Morgan fingerprint density at radius 2 is 2.00 bits per heavy atom. The van der Waals surface area contributed by atoms with Crippen LogP contribution >= 0.6 is 0 Å². The van der Waals surface area contributed by atoms with E-state index in [1.54, 1.807) is 12.1 Å². The van der Waals surface area contributed by atoms with E-state index in [1.807, 2.05) is 0 Å². The molecule has 2 unspecified atom stereocenters. The molecule has 1 fully saturated rings. The summed E-state index contributed by atoms with van der Waals surface area (Å²) in [6.45, 7) is 7.04. The summed E-state index contributed by atoms with van der Waals surface area (Å²) in [4.78, 5) is 23.9. The zero-order valence-corrected chi connectivity index (χ0v) is 14.4. The number of hydrogen-bond donors (Lipinski definition) is 2. The summed E-state index contributed by atoms with van der Waals surface area (Å²) in [5.41, 5.74) is 0.200. The van der Waals surface area contributed by atoms with Crippen LogP contribution in [0.4, 0.5) is 0 Å². The molecule has 1 aliphatic rings. The topological polar surface area (TPSA) is 71.3 Å². The van der Waals surface area contributed by atoms with Crippen molar-refractivity contribution in [3.8, 4) is 0 Å². The Morgan fingerprint density at radius 3 is 2.65 bits per heavy atom. The summed E-state index contributed by atoms with van der Waals surface area (Å²) in [6.07, 6.45) is 6.38. The summed E-state index contributed by atoms with van der Waals surface area (Å²) in [5, 5.41) is 5.87. The predicted molar refractivity (Wildman–Crippen MR) is 89.0 cm³/mol. The molecule has 2 amide bonds. The van der Waals surface area contributed by atoms with Gasteiger partial charge in [-0.2, -0.15) is 0 Å². The minimum absolute atomic E-state index is 0.00546. The number of rotatable bonds is 5. The molecule has 2 N–H and O–H groups in total. The van der Waals surface area contributed by atoms with Crippen molar-refractivity contribution in [3.05, 3.63) is 24.2 Å². The van der Waals surface area contributed by atoms with E-state index in [4.69, 9.17) is 4.42 Å². The maximum Gasteiger partial charge on any atom is 0.286 e. The van der Waals surface area contributed by atoms with Crippen molar-refractivity contribution >= 4 is 11.8 Å². The van der Waals surface area contributed by atoms with Crippen molar-refractivity contribution < 1.29 is 14.0 Å². The SMILES string of the molecule is CC(C)(C)C1CCCCC1NC(=O)CCNC(=O)c1ccco1. The number of hydrogen-bond acceptors (Lipinski definition) is 3. The van der Waals surface area contributed by atoms with Gasteiger partial charge in [0.1, 0.15) is 0 Å². The van der Waals surface area contributed by atoms with E-state index in [0.717, 1.165) is 6.42 Å². The summed E-state index contributed by atoms with van der Waals surface area (Å²) in [5.74, 6) is 0.502. The number of amides is 2. The van der Waals surface area contributed by atoms with Gasteiger partial charge in [0.25, 0.3) is 5.91 Å². The molecule has 128 valence electrons. The number of furan rings is 1. The van der Waals surface area contributed by atoms with Crippen LogP contribution in [0.15, 0.2) is 22.8 Å². The van der Waals surface area contributed by atoms with Crippen LogP contribution in [0.3, 0.4) is 0 Å². The highest BCUT2D eigenvalue weighted by Crippen LogP contribution is 2.37. The second-order valence-corrected chi connectivity index (χ2v) is 7.41. The predicted octanol–water partition coefficient (Wildman–Crippen LogP) is 3.12. The summed E-state index contributed by atoms with van der Waals surface area (Å²) < 4.78 is 5.01. The average molecular weight is 320 g/mol. The zero-order chi connectivity index (χ0) is 16.9. The van der Waals surface area contributed by atoms with Gasteiger partial charge in [-0.3, -0.25) is 9.59 Å². The van der Waals surface area contributed by atoms with Gasteiger partial charge in [-0.1, -0.05) is 33.6 Å². The molecule has 1 aromatic rings. The fraction of sp³-hybridized carbons (Fsp3) is 0.667. The lowest BCUT2D eigenvalue weighted by Gasteiger charge is -2.40. The van der Waals surface area contributed by atoms with Crippen LogP contribution in [0.5, 0.6) is 0 Å². The molecule has 2 rings (SSSR count). The highest BCUT2D eigenvalue weighted by atomic mass is 16.3. The molecule has 0 saturated heterocycles. The Labute approximate surface area is 138 Å². The smallest absolute Gasteiger partial charge is 0.286 e. The van der Waals surface area contributed by atoms with Gasteiger partial charge in [-0.05, 0) is 36.3 Å². The molecule has 5 heteroatoms. The molecule has 0 bridgehead atoms. The quantitative estimate of drug-likeness (QED) is 0.875. The van der Waals surface area contributed by atoms with Crippen molar-refractivity contribution in [2.24, 2.45) is 11.3 Å². The largest absolute Gasteiger partial charge is 0.459 e. The highest BCUT2D eigenvalue weighted by Gasteiger charge is 2.34. The highest BCUT2D eigenvalue weighted by molar-refractivity contribution is 5.91. The Morgan fingerprint density at radius 1 is 1.26 bits per heavy atom. The van der Waals surface area contributed by atoms with E-state index in [1.165, 1.54) is 25.5 Å². The van der Waals surface area contributed by atoms with Crippen molar-refractivity contribution in [1.29, 1.82) is 0 Å². The molecule has 0 spiro atoms. The van der Waals surface area contributed by atoms with Gasteiger partial charge < -0.3 is 15.1 Å². The average Bonchev–Trinajstić information content (AvgIpc) is 3.01. The Bertz CT molecular complexity index is 517. The summed E-state index contributed by atoms with van der Waals surface area (Å²) >= 11 is 0. The van der Waals surface area contributed by atoms with Gasteiger partial charge in [0, 0.05) is 19.0 Å². The van der Waals surface area contributed by atoms with Crippen molar-refractivity contribution in [2.45, 2.75) is 58.9 Å². The van der Waals surface area contributed by atoms with E-state index in [9.17, 15) is 9.59 Å². The van der Waals surface area contributed by atoms with Crippen molar-refractivity contribution in [3.63, 3.8) is 0 Å². The molecule has 1 aliphatic carbocycles. The molecular weight excluding hydrogens is 292 g/mol. The molecule has 2 atom stereocenters. The molecule has 0 aromatic carbocycles. The van der Waals surface area contributed by atoms with Gasteiger partial charge in [0.05, 0.1) is 6.26 Å². The van der Waals surface area contributed by atoms with Crippen LogP contribution in [-0.2, 0) is 4.79 Å². The summed E-state index contributed by atoms with van der Waals surface area (Å²) in [7, 11) is 0. The third-order valence-corrected chi connectivity index (χ3v) is 4.61. The first-order valence-corrected chi connectivity index (χ1v) is 8.49. The fourth-order valence-electron chi connectivity index (χ4n) is 3.40. The van der Waals surface area contributed by atoms with E-state index in [-0.39, 0.29) is 29.0 Å². The van der Waals surface area contributed by atoms with E-state index in [2.05, 4.69) is 31.4 Å². The number of carbonyl (C=O) groups excluding carboxylic acids is 2. The maximum absolute atomic E-state index is 12.2. The Kier molecular flexibility index (Phi) is 5.85. The van der Waals surface area contributed by atoms with E-state index >= 15 is 0 Å². The Balaban J connectivity index is 1.76. The van der Waals surface area contributed by atoms with Gasteiger partial charge >= 0.3 is 0 Å². The third kappa shape index (κ3) is 5.12. The van der Waals surface area contributed by atoms with Crippen LogP contribution in [0.25, 0.3) is 0 Å². The second-order valence-electron chi connectivity index (χ2n) is 7.41. The van der Waals surface area contributed by atoms with E-state index < -0.39 is 0 Å². The first-order chi connectivity index (χ1) is 10.9. The fourth-order valence-corrected chi connectivity index (χ4v) is 3.40. The normalized spacial score (nSPS) is 21.7. The standard InChI is InChI=1S/C18H28N2O3/c1-18(2,3)13-7-4-5-8-14(13)20-16(21)10-11-19-17(22)15-9-6-12-23-15/h6,9,12-14H,4-5,7-8,10-11H2,1-3H3,(H,19,22)(H,20,21). The third-order valence-electron chi connectivity index (χ3n) is 4.61. The lowest BCUT2D eigenvalue weighted by atomic mass is 9.69. The molecule has 5 nitrogen and oxygen atoms in total. The van der Waals surface area contributed by atoms with Crippen LogP contribution in [0.1, 0.15) is 63.4 Å². The number of nitrogens with one attached hydrogen (secondary N) is 2. The monoisotopic (exact) mass is 320 g/mol. The van der Waals surface area contributed by atoms with Gasteiger partial charge in [0.15, 0.2) is 5.76 Å². The van der Waals surface area contributed by atoms with Crippen molar-refractivity contribution in [2.75, 3.05) is 6.54 Å². The van der Waals surface area contributed by atoms with Gasteiger partial charge in [-0.25, -0.2) is 0 Å². The molecule has 1 saturated carbocycles. The maximum atomic E-state index is 12.2. The lowest BCUT2D eigenvalue weighted by molar-refractivity contribution is -0.122. The molecule has 0 radical (unpaired) electrons. The second kappa shape index (κ2) is 7.66. The number of carbonyl (C=O) groups is 2. The van der Waals surface area contributed by atoms with Crippen molar-refractivity contribution in [1.82, 2.24) is 10.6 Å². The lowest BCUT2D eigenvalue weighted by Crippen LogP contribution is -2.47. The molecule has 1 heterocycles. The van der Waals surface area contributed by atoms with Crippen LogP contribution in [-0.4, -0.2) is 24.4 Å². The first-order valence-electron chi connectivity index (χ1n) is 8.49. The molecule has 1 aromatic heterocycles. The van der Waals surface area contributed by atoms with Gasteiger partial charge in [0.2, 0.25) is 5.91 Å². The minimum Gasteiger partial charge on any atom is -0.459 e. The molecular formula is C18H28N2O3. The Hall–Kier alpha value is -1.78. The van der Waals surface area contributed by atoms with Crippen LogP contribution in [0, 0.1) is 11.3 Å². The molecule has 23 heavy (non-hydrogen) atoms. The zero-order valence-electron chi connectivity index (χ0n) is 14.4. The first kappa shape index (κ1) is 17.6. The van der Waals surface area contributed by atoms with E-state index in [0.29, 0.717) is 18.9 Å². The van der Waals surface area contributed by atoms with Crippen LogP contribution in [0.2, 0.25) is 0 Å². The van der Waals surface area contributed by atoms with Gasteiger partial charge in [-0.15, -0.1) is 0 Å². The molecule has 0 aliphatic heterocycles. The van der Waals surface area contributed by atoms with Crippen LogP contribution < -0.4 is 10.6 Å². The minimum atomic E-state index is -0.284.